The predicted octanol–water partition coefficient (Wildman–Crippen LogP) is 2.10. The first-order valence-corrected chi connectivity index (χ1v) is 6.12. The molecule has 0 spiro atoms. The van der Waals surface area contributed by atoms with Gasteiger partial charge < -0.3 is 10.2 Å². The van der Waals surface area contributed by atoms with E-state index < -0.39 is 0 Å². The highest BCUT2D eigenvalue weighted by Gasteiger charge is 2.31. The Kier molecular flexibility index (Phi) is 4.90. The largest absolute Gasteiger partial charge is 0.313 e. The van der Waals surface area contributed by atoms with Crippen LogP contribution >= 0.6 is 0 Å². The normalized spacial score (nSPS) is 21.2. The maximum absolute atomic E-state index is 3.61. The zero-order valence-corrected chi connectivity index (χ0v) is 10.2. The van der Waals surface area contributed by atoms with Crippen LogP contribution in [0.1, 0.15) is 40.0 Å². The van der Waals surface area contributed by atoms with Gasteiger partial charge >= 0.3 is 0 Å². The van der Waals surface area contributed by atoms with Crippen molar-refractivity contribution in [1.82, 2.24) is 10.2 Å². The molecule has 0 radical (unpaired) electrons. The molecular formula is C12H26N2. The minimum atomic E-state index is 0.718. The van der Waals surface area contributed by atoms with E-state index in [0.29, 0.717) is 0 Å². The minimum absolute atomic E-state index is 0.718. The van der Waals surface area contributed by atoms with E-state index in [-0.39, 0.29) is 0 Å². The van der Waals surface area contributed by atoms with Gasteiger partial charge in [0.1, 0.15) is 0 Å². The molecule has 0 aromatic rings. The maximum atomic E-state index is 3.61. The summed E-state index contributed by atoms with van der Waals surface area (Å²) in [6.07, 6.45) is 4.12. The number of nitrogens with zero attached hydrogens (tertiary/aromatic N) is 1. The Morgan fingerprint density at radius 2 is 2.00 bits per heavy atom. The van der Waals surface area contributed by atoms with Crippen molar-refractivity contribution in [1.29, 1.82) is 0 Å². The molecule has 1 N–H and O–H groups in total. The Balaban J connectivity index is 2.30. The van der Waals surface area contributed by atoms with Crippen molar-refractivity contribution in [3.8, 4) is 0 Å². The van der Waals surface area contributed by atoms with Crippen LogP contribution in [0.25, 0.3) is 0 Å². The fourth-order valence-electron chi connectivity index (χ4n) is 1.94. The van der Waals surface area contributed by atoms with Gasteiger partial charge in [-0.1, -0.05) is 13.8 Å². The Bertz CT molecular complexity index is 154. The summed E-state index contributed by atoms with van der Waals surface area (Å²) >= 11 is 0. The Morgan fingerprint density at radius 3 is 2.43 bits per heavy atom. The molecular weight excluding hydrogens is 172 g/mol. The topological polar surface area (TPSA) is 15.3 Å². The molecule has 0 aromatic carbocycles. The van der Waals surface area contributed by atoms with Gasteiger partial charge in [-0.15, -0.1) is 0 Å². The van der Waals surface area contributed by atoms with Crippen LogP contribution in [-0.4, -0.2) is 37.1 Å². The standard InChI is InChI=1S/C12H26N2/c1-5-10(3)14(4)9-12(13-6-2)11-7-8-11/h10-13H,5-9H2,1-4H3. The molecule has 0 aromatic heterocycles. The molecule has 0 saturated heterocycles. The monoisotopic (exact) mass is 198 g/mol. The average Bonchev–Trinajstić information content (AvgIpc) is 2.99. The lowest BCUT2D eigenvalue weighted by molar-refractivity contribution is 0.215. The van der Waals surface area contributed by atoms with Crippen LogP contribution in [0.5, 0.6) is 0 Å². The van der Waals surface area contributed by atoms with Crippen molar-refractivity contribution < 1.29 is 0 Å². The van der Waals surface area contributed by atoms with E-state index in [1.807, 2.05) is 0 Å². The van der Waals surface area contributed by atoms with Gasteiger partial charge in [0.15, 0.2) is 0 Å². The Morgan fingerprint density at radius 1 is 1.36 bits per heavy atom. The third kappa shape index (κ3) is 3.58. The van der Waals surface area contributed by atoms with Gasteiger partial charge in [-0.2, -0.15) is 0 Å². The zero-order chi connectivity index (χ0) is 10.6. The lowest BCUT2D eigenvalue weighted by Gasteiger charge is -2.29. The van der Waals surface area contributed by atoms with Crippen LogP contribution in [0.3, 0.4) is 0 Å². The van der Waals surface area contributed by atoms with Gasteiger partial charge in [0.25, 0.3) is 0 Å². The molecule has 14 heavy (non-hydrogen) atoms. The molecule has 2 heteroatoms. The molecule has 0 heterocycles. The van der Waals surface area contributed by atoms with Gasteiger partial charge in [0.05, 0.1) is 0 Å². The zero-order valence-electron chi connectivity index (χ0n) is 10.2. The molecule has 1 saturated carbocycles. The first kappa shape index (κ1) is 12.0. The van der Waals surface area contributed by atoms with Gasteiger partial charge in [0, 0.05) is 18.6 Å². The van der Waals surface area contributed by atoms with Gasteiger partial charge in [-0.05, 0) is 45.7 Å². The molecule has 1 rings (SSSR count). The number of rotatable bonds is 7. The molecule has 0 aliphatic heterocycles. The van der Waals surface area contributed by atoms with E-state index in [0.717, 1.165) is 24.5 Å². The van der Waals surface area contributed by atoms with Crippen molar-refractivity contribution in [3.63, 3.8) is 0 Å². The minimum Gasteiger partial charge on any atom is -0.313 e. The molecule has 2 unspecified atom stereocenters. The third-order valence-corrected chi connectivity index (χ3v) is 3.49. The Hall–Kier alpha value is -0.0800. The third-order valence-electron chi connectivity index (χ3n) is 3.49. The Labute approximate surface area is 89.1 Å². The molecule has 1 aliphatic carbocycles. The van der Waals surface area contributed by atoms with Crippen molar-refractivity contribution in [2.24, 2.45) is 5.92 Å². The van der Waals surface area contributed by atoms with Crippen LogP contribution in [-0.2, 0) is 0 Å². The van der Waals surface area contributed by atoms with Crippen molar-refractivity contribution >= 4 is 0 Å². The van der Waals surface area contributed by atoms with Crippen LogP contribution in [0.4, 0.5) is 0 Å². The molecule has 2 nitrogen and oxygen atoms in total. The summed E-state index contributed by atoms with van der Waals surface area (Å²) in [5.74, 6) is 0.960. The van der Waals surface area contributed by atoms with E-state index >= 15 is 0 Å². The second-order valence-corrected chi connectivity index (χ2v) is 4.70. The SMILES string of the molecule is CCNC(CN(C)C(C)CC)C1CC1. The second-order valence-electron chi connectivity index (χ2n) is 4.70. The first-order valence-electron chi connectivity index (χ1n) is 6.12. The summed E-state index contributed by atoms with van der Waals surface area (Å²) in [4.78, 5) is 2.49. The lowest BCUT2D eigenvalue weighted by atomic mass is 10.1. The van der Waals surface area contributed by atoms with E-state index in [1.54, 1.807) is 0 Å². The second kappa shape index (κ2) is 5.72. The number of nitrogens with one attached hydrogen (secondary N) is 1. The summed E-state index contributed by atoms with van der Waals surface area (Å²) in [5, 5.41) is 3.61. The lowest BCUT2D eigenvalue weighted by Crippen LogP contribution is -2.43. The smallest absolute Gasteiger partial charge is 0.0223 e. The highest BCUT2D eigenvalue weighted by molar-refractivity contribution is 4.88. The highest BCUT2D eigenvalue weighted by atomic mass is 15.1. The molecule has 1 aliphatic rings. The molecule has 0 amide bonds. The summed E-state index contributed by atoms with van der Waals surface area (Å²) in [5.41, 5.74) is 0. The molecule has 84 valence electrons. The molecule has 1 fully saturated rings. The van der Waals surface area contributed by atoms with Crippen molar-refractivity contribution in [2.45, 2.75) is 52.1 Å². The number of hydrogen-bond donors (Lipinski definition) is 1. The van der Waals surface area contributed by atoms with Crippen LogP contribution in [0, 0.1) is 5.92 Å². The molecule has 0 bridgehead atoms. The number of likely N-dealkylation sites (N-methyl/N-ethyl adjacent to an activating group) is 2. The summed E-state index contributed by atoms with van der Waals surface area (Å²) in [6.45, 7) is 9.11. The fourth-order valence-corrected chi connectivity index (χ4v) is 1.94. The van der Waals surface area contributed by atoms with E-state index in [1.165, 1.54) is 25.8 Å². The van der Waals surface area contributed by atoms with Crippen molar-refractivity contribution in [3.05, 3.63) is 0 Å². The van der Waals surface area contributed by atoms with Crippen molar-refractivity contribution in [2.75, 3.05) is 20.1 Å². The summed E-state index contributed by atoms with van der Waals surface area (Å²) in [7, 11) is 2.25. The van der Waals surface area contributed by atoms with E-state index in [9.17, 15) is 0 Å². The van der Waals surface area contributed by atoms with E-state index in [4.69, 9.17) is 0 Å². The summed E-state index contributed by atoms with van der Waals surface area (Å²) in [6, 6.07) is 1.45. The fraction of sp³-hybridized carbons (Fsp3) is 1.00. The quantitative estimate of drug-likeness (QED) is 0.674. The summed E-state index contributed by atoms with van der Waals surface area (Å²) < 4.78 is 0. The predicted molar refractivity (Wildman–Crippen MR) is 62.6 cm³/mol. The molecule has 2 atom stereocenters. The number of hydrogen-bond acceptors (Lipinski definition) is 2. The van der Waals surface area contributed by atoms with Crippen LogP contribution in [0.15, 0.2) is 0 Å². The van der Waals surface area contributed by atoms with Gasteiger partial charge in [-0.25, -0.2) is 0 Å². The first-order chi connectivity index (χ1) is 6.69. The maximum Gasteiger partial charge on any atom is 0.0223 e. The van der Waals surface area contributed by atoms with Crippen LogP contribution < -0.4 is 5.32 Å². The highest BCUT2D eigenvalue weighted by Crippen LogP contribution is 2.33. The van der Waals surface area contributed by atoms with E-state index in [2.05, 4.69) is 38.0 Å². The average molecular weight is 198 g/mol. The van der Waals surface area contributed by atoms with Gasteiger partial charge in [0.2, 0.25) is 0 Å². The van der Waals surface area contributed by atoms with Gasteiger partial charge in [-0.3, -0.25) is 0 Å². The van der Waals surface area contributed by atoms with Crippen LogP contribution in [0.2, 0.25) is 0 Å².